The Bertz CT molecular complexity index is 1170. The SMILES string of the molecule is O=C(c1cccc2ccccc12)N1CC(CN2CCC(c3ccc(F)cc3)CC2)C(C2CCC2)C1. The van der Waals surface area contributed by atoms with E-state index in [0.29, 0.717) is 17.8 Å². The van der Waals surface area contributed by atoms with Crippen molar-refractivity contribution in [2.24, 2.45) is 17.8 Å². The molecule has 3 fully saturated rings. The van der Waals surface area contributed by atoms with E-state index in [1.165, 1.54) is 24.8 Å². The third kappa shape index (κ3) is 4.61. The summed E-state index contributed by atoms with van der Waals surface area (Å²) in [6.07, 6.45) is 6.25. The van der Waals surface area contributed by atoms with Crippen LogP contribution >= 0.6 is 0 Å². The van der Waals surface area contributed by atoms with Crippen LogP contribution in [0.2, 0.25) is 0 Å². The van der Waals surface area contributed by atoms with Crippen molar-refractivity contribution in [3.05, 3.63) is 83.7 Å². The fraction of sp³-hybridized carbons (Fsp3) is 0.452. The maximum Gasteiger partial charge on any atom is 0.254 e. The summed E-state index contributed by atoms with van der Waals surface area (Å²) < 4.78 is 13.3. The van der Waals surface area contributed by atoms with Crippen molar-refractivity contribution in [3.63, 3.8) is 0 Å². The molecule has 2 unspecified atom stereocenters. The molecule has 2 atom stereocenters. The molecule has 3 nitrogen and oxygen atoms in total. The molecule has 2 heterocycles. The smallest absolute Gasteiger partial charge is 0.254 e. The van der Waals surface area contributed by atoms with Crippen molar-refractivity contribution in [1.82, 2.24) is 9.80 Å². The summed E-state index contributed by atoms with van der Waals surface area (Å²) in [5.74, 6) is 2.53. The zero-order chi connectivity index (χ0) is 23.8. The molecule has 3 aromatic carbocycles. The Balaban J connectivity index is 1.13. The molecular formula is C31H35FN2O. The van der Waals surface area contributed by atoms with Gasteiger partial charge in [-0.2, -0.15) is 0 Å². The van der Waals surface area contributed by atoms with Crippen LogP contribution in [0.1, 0.15) is 53.9 Å². The molecule has 2 aliphatic heterocycles. The number of fused-ring (bicyclic) bond motifs is 1. The Kier molecular flexibility index (Phi) is 6.32. The third-order valence-electron chi connectivity index (χ3n) is 8.98. The lowest BCUT2D eigenvalue weighted by atomic mass is 9.71. The summed E-state index contributed by atoms with van der Waals surface area (Å²) >= 11 is 0. The largest absolute Gasteiger partial charge is 0.338 e. The number of carbonyl (C=O) groups is 1. The van der Waals surface area contributed by atoms with Crippen LogP contribution in [0.3, 0.4) is 0 Å². The number of benzene rings is 3. The van der Waals surface area contributed by atoms with Crippen LogP contribution in [-0.4, -0.2) is 48.4 Å². The second kappa shape index (κ2) is 9.73. The van der Waals surface area contributed by atoms with E-state index in [1.54, 1.807) is 12.1 Å². The van der Waals surface area contributed by atoms with E-state index in [2.05, 4.69) is 28.0 Å². The second-order valence-electron chi connectivity index (χ2n) is 11.0. The molecule has 2 saturated heterocycles. The maximum atomic E-state index is 13.7. The fourth-order valence-electron chi connectivity index (χ4n) is 6.76. The molecule has 3 aliphatic rings. The minimum Gasteiger partial charge on any atom is -0.338 e. The number of rotatable bonds is 5. The van der Waals surface area contributed by atoms with Gasteiger partial charge in [-0.1, -0.05) is 67.8 Å². The summed E-state index contributed by atoms with van der Waals surface area (Å²) in [6.45, 7) is 5.06. The molecule has 0 bridgehead atoms. The highest BCUT2D eigenvalue weighted by Crippen LogP contribution is 2.42. The molecule has 0 aromatic heterocycles. The third-order valence-corrected chi connectivity index (χ3v) is 8.98. The first-order valence-corrected chi connectivity index (χ1v) is 13.4. The second-order valence-corrected chi connectivity index (χ2v) is 11.0. The quantitative estimate of drug-likeness (QED) is 0.434. The van der Waals surface area contributed by atoms with E-state index < -0.39 is 0 Å². The molecule has 0 spiro atoms. The van der Waals surface area contributed by atoms with Crippen LogP contribution in [-0.2, 0) is 0 Å². The van der Waals surface area contributed by atoms with Crippen molar-refractivity contribution in [1.29, 1.82) is 0 Å². The van der Waals surface area contributed by atoms with Gasteiger partial charge < -0.3 is 9.80 Å². The monoisotopic (exact) mass is 470 g/mol. The van der Waals surface area contributed by atoms with Gasteiger partial charge in [0.15, 0.2) is 0 Å². The minimum atomic E-state index is -0.156. The minimum absolute atomic E-state index is 0.156. The van der Waals surface area contributed by atoms with Gasteiger partial charge in [-0.3, -0.25) is 4.79 Å². The predicted molar refractivity (Wildman–Crippen MR) is 139 cm³/mol. The van der Waals surface area contributed by atoms with Crippen molar-refractivity contribution >= 4 is 16.7 Å². The number of hydrogen-bond donors (Lipinski definition) is 0. The van der Waals surface area contributed by atoms with Gasteiger partial charge in [0.05, 0.1) is 0 Å². The molecule has 1 aliphatic carbocycles. The topological polar surface area (TPSA) is 23.6 Å². The number of hydrogen-bond acceptors (Lipinski definition) is 2. The van der Waals surface area contributed by atoms with Crippen LogP contribution < -0.4 is 0 Å². The molecule has 182 valence electrons. The van der Waals surface area contributed by atoms with Gasteiger partial charge in [-0.05, 0) is 84.1 Å². The zero-order valence-corrected chi connectivity index (χ0v) is 20.4. The number of carbonyl (C=O) groups excluding carboxylic acids is 1. The molecule has 4 heteroatoms. The van der Waals surface area contributed by atoms with Gasteiger partial charge in [0.25, 0.3) is 5.91 Å². The van der Waals surface area contributed by atoms with Crippen LogP contribution in [0.4, 0.5) is 4.39 Å². The van der Waals surface area contributed by atoms with Crippen molar-refractivity contribution in [2.45, 2.75) is 38.0 Å². The summed E-state index contributed by atoms with van der Waals surface area (Å²) in [5.41, 5.74) is 2.11. The van der Waals surface area contributed by atoms with Crippen LogP contribution in [0, 0.1) is 23.6 Å². The Morgan fingerprint density at radius 2 is 1.60 bits per heavy atom. The van der Waals surface area contributed by atoms with Gasteiger partial charge in [-0.25, -0.2) is 4.39 Å². The Labute approximate surface area is 207 Å². The van der Waals surface area contributed by atoms with Gasteiger partial charge in [-0.15, -0.1) is 0 Å². The van der Waals surface area contributed by atoms with E-state index in [1.807, 2.05) is 36.4 Å². The summed E-state index contributed by atoms with van der Waals surface area (Å²) in [4.78, 5) is 18.5. The molecule has 35 heavy (non-hydrogen) atoms. The van der Waals surface area contributed by atoms with Gasteiger partial charge in [0, 0.05) is 25.2 Å². The number of halogens is 1. The van der Waals surface area contributed by atoms with Crippen LogP contribution in [0.15, 0.2) is 66.7 Å². The Hall–Kier alpha value is -2.72. The normalized spacial score (nSPS) is 24.1. The first kappa shape index (κ1) is 22.7. The molecular weight excluding hydrogens is 435 g/mol. The number of nitrogens with zero attached hydrogens (tertiary/aromatic N) is 2. The van der Waals surface area contributed by atoms with E-state index in [-0.39, 0.29) is 11.7 Å². The summed E-state index contributed by atoms with van der Waals surface area (Å²) in [5, 5.41) is 2.19. The van der Waals surface area contributed by atoms with Gasteiger partial charge in [0.2, 0.25) is 0 Å². The first-order valence-electron chi connectivity index (χ1n) is 13.4. The lowest BCUT2D eigenvalue weighted by molar-refractivity contribution is 0.0776. The average molecular weight is 471 g/mol. The lowest BCUT2D eigenvalue weighted by Crippen LogP contribution is -2.40. The van der Waals surface area contributed by atoms with Gasteiger partial charge in [0.1, 0.15) is 5.82 Å². The van der Waals surface area contributed by atoms with E-state index in [4.69, 9.17) is 0 Å². The molecule has 0 N–H and O–H groups in total. The van der Waals surface area contributed by atoms with Crippen LogP contribution in [0.5, 0.6) is 0 Å². The zero-order valence-electron chi connectivity index (χ0n) is 20.4. The van der Waals surface area contributed by atoms with Crippen molar-refractivity contribution in [3.8, 4) is 0 Å². The van der Waals surface area contributed by atoms with Crippen molar-refractivity contribution < 1.29 is 9.18 Å². The number of likely N-dealkylation sites (tertiary alicyclic amines) is 2. The van der Waals surface area contributed by atoms with Crippen molar-refractivity contribution in [2.75, 3.05) is 32.7 Å². The Morgan fingerprint density at radius 1 is 0.857 bits per heavy atom. The van der Waals surface area contributed by atoms with Crippen LogP contribution in [0.25, 0.3) is 10.8 Å². The summed E-state index contributed by atoms with van der Waals surface area (Å²) in [6, 6.07) is 21.4. The first-order chi connectivity index (χ1) is 17.2. The fourth-order valence-corrected chi connectivity index (χ4v) is 6.76. The number of piperidine rings is 1. The highest BCUT2D eigenvalue weighted by molar-refractivity contribution is 6.07. The average Bonchev–Trinajstić information content (AvgIpc) is 3.26. The number of amides is 1. The van der Waals surface area contributed by atoms with E-state index in [0.717, 1.165) is 67.8 Å². The molecule has 1 saturated carbocycles. The highest BCUT2D eigenvalue weighted by Gasteiger charge is 2.42. The predicted octanol–water partition coefficient (Wildman–Crippen LogP) is 6.35. The highest BCUT2D eigenvalue weighted by atomic mass is 19.1. The lowest BCUT2D eigenvalue weighted by Gasteiger charge is -2.38. The molecule has 6 rings (SSSR count). The van der Waals surface area contributed by atoms with Gasteiger partial charge >= 0.3 is 0 Å². The maximum absolute atomic E-state index is 13.7. The standard InChI is InChI=1S/C31H35FN2O/c32-27-13-11-22(12-14-27)23-15-17-33(18-16-23)19-26-20-34(21-30(26)25-6-3-7-25)31(35)29-10-4-8-24-5-1-2-9-28(24)29/h1-2,4-5,8-14,23,25-26,30H,3,6-7,15-21H2. The molecule has 3 aromatic rings. The summed E-state index contributed by atoms with van der Waals surface area (Å²) in [7, 11) is 0. The molecule has 1 amide bonds. The Morgan fingerprint density at radius 3 is 2.34 bits per heavy atom. The molecule has 0 radical (unpaired) electrons. The van der Waals surface area contributed by atoms with E-state index in [9.17, 15) is 9.18 Å². The van der Waals surface area contributed by atoms with E-state index >= 15 is 0 Å².